The molecule has 1 fully saturated rings. The molecule has 0 bridgehead atoms. The summed E-state index contributed by atoms with van der Waals surface area (Å²) in [5, 5.41) is 8.95. The highest BCUT2D eigenvalue weighted by molar-refractivity contribution is 5.88. The molecule has 20 heavy (non-hydrogen) atoms. The van der Waals surface area contributed by atoms with Crippen LogP contribution < -0.4 is 0 Å². The zero-order chi connectivity index (χ0) is 14.7. The van der Waals surface area contributed by atoms with Crippen LogP contribution in [0.15, 0.2) is 10.5 Å². The van der Waals surface area contributed by atoms with Crippen LogP contribution in [0.3, 0.4) is 0 Å². The van der Waals surface area contributed by atoms with E-state index in [2.05, 4.69) is 0 Å². The van der Waals surface area contributed by atoms with Gasteiger partial charge in [0.25, 0.3) is 0 Å². The zero-order valence-electron chi connectivity index (χ0n) is 11.7. The fourth-order valence-electron chi connectivity index (χ4n) is 2.31. The summed E-state index contributed by atoms with van der Waals surface area (Å²) in [5.41, 5.74) is 0.139. The van der Waals surface area contributed by atoms with Crippen LogP contribution in [0.5, 0.6) is 0 Å². The van der Waals surface area contributed by atoms with Gasteiger partial charge in [0.1, 0.15) is 17.1 Å². The fourth-order valence-corrected chi connectivity index (χ4v) is 2.31. The average molecular weight is 281 g/mol. The van der Waals surface area contributed by atoms with Crippen molar-refractivity contribution in [3.63, 3.8) is 0 Å². The van der Waals surface area contributed by atoms with Gasteiger partial charge in [0, 0.05) is 13.7 Å². The molecular formula is C14H19NO5. The van der Waals surface area contributed by atoms with E-state index in [9.17, 15) is 9.59 Å². The lowest BCUT2D eigenvalue weighted by molar-refractivity contribution is -0.132. The molecule has 1 aliphatic heterocycles. The second kappa shape index (κ2) is 6.09. The van der Waals surface area contributed by atoms with Crippen molar-refractivity contribution in [3.8, 4) is 0 Å². The van der Waals surface area contributed by atoms with Crippen LogP contribution in [-0.2, 0) is 16.1 Å². The lowest BCUT2D eigenvalue weighted by atomic mass is 10.1. The number of carbonyl (C=O) groups is 2. The topological polar surface area (TPSA) is 80.0 Å². The van der Waals surface area contributed by atoms with Crippen molar-refractivity contribution in [2.45, 2.75) is 38.8 Å². The smallest absolute Gasteiger partial charge is 0.339 e. The minimum atomic E-state index is -1.02. The van der Waals surface area contributed by atoms with Crippen molar-refractivity contribution >= 4 is 11.9 Å². The van der Waals surface area contributed by atoms with E-state index in [4.69, 9.17) is 14.3 Å². The number of carboxylic acids is 1. The Hall–Kier alpha value is -1.82. The molecule has 1 aromatic rings. The Labute approximate surface area is 117 Å². The predicted octanol–water partition coefficient (Wildman–Crippen LogP) is 1.81. The number of nitrogens with zero attached hydrogens (tertiary/aromatic N) is 1. The van der Waals surface area contributed by atoms with Gasteiger partial charge >= 0.3 is 5.97 Å². The number of hydrogen-bond donors (Lipinski definition) is 1. The normalized spacial score (nSPS) is 18.2. The second-order valence-electron chi connectivity index (χ2n) is 5.08. The average Bonchev–Trinajstić information content (AvgIpc) is 2.98. The maximum absolute atomic E-state index is 12.0. The van der Waals surface area contributed by atoms with Crippen molar-refractivity contribution in [2.24, 2.45) is 0 Å². The summed E-state index contributed by atoms with van der Waals surface area (Å²) in [6, 6.07) is 1.47. The molecule has 2 heterocycles. The van der Waals surface area contributed by atoms with Crippen molar-refractivity contribution in [1.82, 2.24) is 4.90 Å². The van der Waals surface area contributed by atoms with E-state index in [1.165, 1.54) is 11.0 Å². The van der Waals surface area contributed by atoms with Crippen LogP contribution in [0.2, 0.25) is 0 Å². The van der Waals surface area contributed by atoms with Gasteiger partial charge in [-0.2, -0.15) is 0 Å². The first-order valence-electron chi connectivity index (χ1n) is 6.65. The largest absolute Gasteiger partial charge is 0.478 e. The molecule has 6 heteroatoms. The molecule has 6 nitrogen and oxygen atoms in total. The Balaban J connectivity index is 1.93. The number of aryl methyl sites for hydroxylation is 1. The lowest BCUT2D eigenvalue weighted by Crippen LogP contribution is -2.29. The highest BCUT2D eigenvalue weighted by Crippen LogP contribution is 2.19. The van der Waals surface area contributed by atoms with Gasteiger partial charge in [-0.15, -0.1) is 0 Å². The van der Waals surface area contributed by atoms with E-state index in [0.717, 1.165) is 19.4 Å². The third-order valence-corrected chi connectivity index (χ3v) is 3.44. The van der Waals surface area contributed by atoms with E-state index in [-0.39, 0.29) is 24.1 Å². The summed E-state index contributed by atoms with van der Waals surface area (Å²) >= 11 is 0. The van der Waals surface area contributed by atoms with Gasteiger partial charge in [-0.1, -0.05) is 0 Å². The third kappa shape index (κ3) is 3.39. The third-order valence-electron chi connectivity index (χ3n) is 3.44. The van der Waals surface area contributed by atoms with Crippen molar-refractivity contribution in [1.29, 1.82) is 0 Å². The molecule has 1 aliphatic rings. The molecule has 1 amide bonds. The van der Waals surface area contributed by atoms with Gasteiger partial charge in [0.2, 0.25) is 5.91 Å². The molecule has 1 unspecified atom stereocenters. The van der Waals surface area contributed by atoms with Gasteiger partial charge in [-0.25, -0.2) is 4.79 Å². The number of aromatic carboxylic acids is 1. The highest BCUT2D eigenvalue weighted by Gasteiger charge is 2.22. The lowest BCUT2D eigenvalue weighted by Gasteiger charge is -2.17. The monoisotopic (exact) mass is 281 g/mol. The summed E-state index contributed by atoms with van der Waals surface area (Å²) in [4.78, 5) is 24.5. The number of ether oxygens (including phenoxy) is 1. The summed E-state index contributed by atoms with van der Waals surface area (Å²) in [7, 11) is 1.68. The molecule has 0 aliphatic carbocycles. The number of carbonyl (C=O) groups excluding carboxylic acids is 1. The molecule has 0 spiro atoms. The van der Waals surface area contributed by atoms with Crippen LogP contribution in [-0.4, -0.2) is 41.6 Å². The SMILES string of the molecule is Cc1oc(CN(C)C(=O)CC2CCCO2)cc1C(=O)O. The predicted molar refractivity (Wildman–Crippen MR) is 70.5 cm³/mol. The molecule has 2 rings (SSSR count). The molecule has 1 N–H and O–H groups in total. The quantitative estimate of drug-likeness (QED) is 0.890. The van der Waals surface area contributed by atoms with E-state index in [0.29, 0.717) is 17.9 Å². The first kappa shape index (κ1) is 14.6. The summed E-state index contributed by atoms with van der Waals surface area (Å²) < 4.78 is 10.8. The zero-order valence-corrected chi connectivity index (χ0v) is 11.7. The van der Waals surface area contributed by atoms with E-state index >= 15 is 0 Å². The number of amides is 1. The highest BCUT2D eigenvalue weighted by atomic mass is 16.5. The Morgan fingerprint density at radius 3 is 2.80 bits per heavy atom. The van der Waals surface area contributed by atoms with E-state index in [1.54, 1.807) is 14.0 Å². The summed E-state index contributed by atoms with van der Waals surface area (Å²) in [5.74, 6) is -0.218. The molecule has 0 aromatic carbocycles. The van der Waals surface area contributed by atoms with E-state index < -0.39 is 5.97 Å². The Morgan fingerprint density at radius 1 is 1.50 bits per heavy atom. The van der Waals surface area contributed by atoms with Gasteiger partial charge in [-0.05, 0) is 25.8 Å². The van der Waals surface area contributed by atoms with E-state index in [1.807, 2.05) is 0 Å². The Kier molecular flexibility index (Phi) is 4.44. The molecular weight excluding hydrogens is 262 g/mol. The first-order chi connectivity index (χ1) is 9.47. The first-order valence-corrected chi connectivity index (χ1v) is 6.65. The van der Waals surface area contributed by atoms with Gasteiger partial charge in [0.05, 0.1) is 19.1 Å². The fraction of sp³-hybridized carbons (Fsp3) is 0.571. The van der Waals surface area contributed by atoms with Crippen molar-refractivity contribution in [2.75, 3.05) is 13.7 Å². The Morgan fingerprint density at radius 2 is 2.25 bits per heavy atom. The van der Waals surface area contributed by atoms with Crippen LogP contribution in [0.25, 0.3) is 0 Å². The number of furan rings is 1. The molecule has 0 saturated carbocycles. The maximum atomic E-state index is 12.0. The molecule has 110 valence electrons. The standard InChI is InChI=1S/C14H19NO5/c1-9-12(14(17)18)6-11(20-9)8-15(2)13(16)7-10-4-3-5-19-10/h6,10H,3-5,7-8H2,1-2H3,(H,17,18). The molecule has 1 saturated heterocycles. The summed E-state index contributed by atoms with van der Waals surface area (Å²) in [6.45, 7) is 2.59. The molecule has 1 aromatic heterocycles. The van der Waals surface area contributed by atoms with Gasteiger partial charge in [-0.3, -0.25) is 4.79 Å². The van der Waals surface area contributed by atoms with Crippen molar-refractivity contribution < 1.29 is 23.8 Å². The number of hydrogen-bond acceptors (Lipinski definition) is 4. The second-order valence-corrected chi connectivity index (χ2v) is 5.08. The number of rotatable bonds is 5. The number of carboxylic acid groups (broad SMARTS) is 1. The van der Waals surface area contributed by atoms with Gasteiger partial charge < -0.3 is 19.2 Å². The minimum Gasteiger partial charge on any atom is -0.478 e. The van der Waals surface area contributed by atoms with Crippen LogP contribution in [0.1, 0.15) is 41.1 Å². The molecule has 1 atom stereocenters. The maximum Gasteiger partial charge on any atom is 0.339 e. The van der Waals surface area contributed by atoms with Gasteiger partial charge in [0.15, 0.2) is 0 Å². The van der Waals surface area contributed by atoms with Crippen molar-refractivity contribution in [3.05, 3.63) is 23.2 Å². The minimum absolute atomic E-state index is 0.0119. The Bertz CT molecular complexity index is 502. The van der Waals surface area contributed by atoms with Crippen LogP contribution in [0, 0.1) is 6.92 Å². The van der Waals surface area contributed by atoms with Crippen LogP contribution >= 0.6 is 0 Å². The summed E-state index contributed by atoms with van der Waals surface area (Å²) in [6.07, 6.45) is 2.30. The van der Waals surface area contributed by atoms with Crippen LogP contribution in [0.4, 0.5) is 0 Å². The molecule has 0 radical (unpaired) electrons.